The molecule has 0 aliphatic carbocycles. The van der Waals surface area contributed by atoms with E-state index < -0.39 is 0 Å². The predicted molar refractivity (Wildman–Crippen MR) is 121 cm³/mol. The Kier molecular flexibility index (Phi) is 5.77. The summed E-state index contributed by atoms with van der Waals surface area (Å²) in [5.74, 6) is 1.14. The summed E-state index contributed by atoms with van der Waals surface area (Å²) >= 11 is 1.22. The van der Waals surface area contributed by atoms with Crippen molar-refractivity contribution in [3.63, 3.8) is 0 Å². The van der Waals surface area contributed by atoms with Gasteiger partial charge in [-0.3, -0.25) is 14.7 Å². The number of hydrogen-bond donors (Lipinski definition) is 2. The van der Waals surface area contributed by atoms with Crippen LogP contribution in [-0.4, -0.2) is 38.4 Å². The Morgan fingerprint density at radius 1 is 1.10 bits per heavy atom. The molecule has 1 amide bonds. The second kappa shape index (κ2) is 8.65. The van der Waals surface area contributed by atoms with Gasteiger partial charge in [0, 0.05) is 17.3 Å². The van der Waals surface area contributed by atoms with Crippen molar-refractivity contribution >= 4 is 29.0 Å². The van der Waals surface area contributed by atoms with Crippen molar-refractivity contribution in [1.82, 2.24) is 19.6 Å². The Labute approximate surface area is 182 Å². The smallest absolute Gasteiger partial charge is 0.266 e. The van der Waals surface area contributed by atoms with Gasteiger partial charge in [-0.25, -0.2) is 14.5 Å². The molecule has 0 atom stereocenters. The number of aromatic amines is 1. The summed E-state index contributed by atoms with van der Waals surface area (Å²) in [6, 6.07) is 14.5. The number of thioether (sulfide) groups is 1. The SMILES string of the molecule is COc1ccc(-c2nc(SCC(=O)Nc3ccc(C)c(C)c3)n3[nH]c(=O)cc3n2)cc1. The number of rotatable bonds is 6. The molecule has 158 valence electrons. The lowest BCUT2D eigenvalue weighted by atomic mass is 10.1. The summed E-state index contributed by atoms with van der Waals surface area (Å²) in [7, 11) is 1.60. The number of nitrogens with zero attached hydrogens (tertiary/aromatic N) is 3. The van der Waals surface area contributed by atoms with Gasteiger partial charge in [0.25, 0.3) is 5.56 Å². The number of methoxy groups -OCH3 is 1. The zero-order chi connectivity index (χ0) is 22.0. The molecule has 0 aliphatic rings. The van der Waals surface area contributed by atoms with Gasteiger partial charge < -0.3 is 10.1 Å². The van der Waals surface area contributed by atoms with Gasteiger partial charge in [0.2, 0.25) is 5.91 Å². The fourth-order valence-corrected chi connectivity index (χ4v) is 3.75. The Hall–Kier alpha value is -3.59. The number of fused-ring (bicyclic) bond motifs is 1. The molecule has 4 rings (SSSR count). The summed E-state index contributed by atoms with van der Waals surface area (Å²) in [6.07, 6.45) is 0. The standard InChI is InChI=1S/C22H21N5O3S/c1-13-4-7-16(10-14(13)2)23-20(29)12-31-22-25-21(15-5-8-17(30-3)9-6-15)24-18-11-19(28)26-27(18)22/h4-11H,12H2,1-3H3,(H,23,29)(H,26,28). The maximum Gasteiger partial charge on any atom is 0.266 e. The Morgan fingerprint density at radius 3 is 2.58 bits per heavy atom. The average Bonchev–Trinajstić information content (AvgIpc) is 3.15. The topological polar surface area (TPSA) is 101 Å². The van der Waals surface area contributed by atoms with Gasteiger partial charge in [0.1, 0.15) is 5.75 Å². The van der Waals surface area contributed by atoms with E-state index in [1.165, 1.54) is 27.9 Å². The van der Waals surface area contributed by atoms with E-state index in [-0.39, 0.29) is 17.2 Å². The van der Waals surface area contributed by atoms with Crippen LogP contribution >= 0.6 is 11.8 Å². The monoisotopic (exact) mass is 435 g/mol. The molecule has 2 N–H and O–H groups in total. The van der Waals surface area contributed by atoms with Crippen molar-refractivity contribution in [2.75, 3.05) is 18.2 Å². The number of ether oxygens (including phenoxy) is 1. The number of aryl methyl sites for hydroxylation is 2. The van der Waals surface area contributed by atoms with Crippen molar-refractivity contribution in [3.8, 4) is 17.1 Å². The second-order valence-electron chi connectivity index (χ2n) is 7.01. The lowest BCUT2D eigenvalue weighted by molar-refractivity contribution is -0.113. The second-order valence-corrected chi connectivity index (χ2v) is 7.95. The number of carbonyl (C=O) groups is 1. The quantitative estimate of drug-likeness (QED) is 0.450. The van der Waals surface area contributed by atoms with E-state index in [1.54, 1.807) is 7.11 Å². The fourth-order valence-electron chi connectivity index (χ4n) is 3.00. The normalized spacial score (nSPS) is 10.9. The van der Waals surface area contributed by atoms with E-state index in [1.807, 2.05) is 56.3 Å². The maximum atomic E-state index is 12.5. The molecule has 2 heterocycles. The van der Waals surface area contributed by atoms with E-state index >= 15 is 0 Å². The number of amides is 1. The highest BCUT2D eigenvalue weighted by molar-refractivity contribution is 7.99. The number of aromatic nitrogens is 4. The summed E-state index contributed by atoms with van der Waals surface area (Å²) in [5.41, 5.74) is 3.94. The number of benzene rings is 2. The zero-order valence-corrected chi connectivity index (χ0v) is 18.1. The molecule has 0 saturated carbocycles. The van der Waals surface area contributed by atoms with Crippen LogP contribution < -0.4 is 15.6 Å². The number of hydrogen-bond acceptors (Lipinski definition) is 6. The molecule has 0 radical (unpaired) electrons. The maximum absolute atomic E-state index is 12.5. The van der Waals surface area contributed by atoms with E-state index in [2.05, 4.69) is 20.4 Å². The lowest BCUT2D eigenvalue weighted by Gasteiger charge is -2.09. The highest BCUT2D eigenvalue weighted by Crippen LogP contribution is 2.23. The Balaban J connectivity index is 1.57. The van der Waals surface area contributed by atoms with E-state index in [0.717, 1.165) is 22.6 Å². The third-order valence-corrected chi connectivity index (χ3v) is 5.73. The van der Waals surface area contributed by atoms with Crippen LogP contribution in [0.2, 0.25) is 0 Å². The third-order valence-electron chi connectivity index (χ3n) is 4.80. The molecule has 0 fully saturated rings. The average molecular weight is 436 g/mol. The summed E-state index contributed by atoms with van der Waals surface area (Å²) < 4.78 is 6.68. The first kappa shape index (κ1) is 20.7. The molecule has 2 aromatic heterocycles. The highest BCUT2D eigenvalue weighted by Gasteiger charge is 2.14. The Morgan fingerprint density at radius 2 is 1.87 bits per heavy atom. The number of nitrogens with one attached hydrogen (secondary N) is 2. The largest absolute Gasteiger partial charge is 0.497 e. The molecule has 0 saturated heterocycles. The van der Waals surface area contributed by atoms with E-state index in [0.29, 0.717) is 16.6 Å². The third kappa shape index (κ3) is 4.61. The molecular formula is C22H21N5O3S. The molecule has 4 aromatic rings. The van der Waals surface area contributed by atoms with E-state index in [9.17, 15) is 9.59 Å². The van der Waals surface area contributed by atoms with Crippen LogP contribution in [0.3, 0.4) is 0 Å². The fraction of sp³-hybridized carbons (Fsp3) is 0.182. The van der Waals surface area contributed by atoms with Crippen molar-refractivity contribution < 1.29 is 9.53 Å². The van der Waals surface area contributed by atoms with Crippen molar-refractivity contribution in [2.45, 2.75) is 19.0 Å². The minimum absolute atomic E-state index is 0.126. The van der Waals surface area contributed by atoms with Crippen LogP contribution in [0.1, 0.15) is 11.1 Å². The highest BCUT2D eigenvalue weighted by atomic mass is 32.2. The molecule has 9 heteroatoms. The van der Waals surface area contributed by atoms with Crippen LogP contribution in [0.5, 0.6) is 5.75 Å². The van der Waals surface area contributed by atoms with Gasteiger partial charge in [-0.2, -0.15) is 0 Å². The summed E-state index contributed by atoms with van der Waals surface area (Å²) in [4.78, 5) is 33.4. The number of H-pyrrole nitrogens is 1. The van der Waals surface area contributed by atoms with Crippen LogP contribution in [-0.2, 0) is 4.79 Å². The van der Waals surface area contributed by atoms with Crippen LogP contribution in [0, 0.1) is 13.8 Å². The molecule has 0 bridgehead atoms. The van der Waals surface area contributed by atoms with Gasteiger partial charge in [0.15, 0.2) is 16.6 Å². The first-order chi connectivity index (χ1) is 14.9. The molecule has 2 aromatic carbocycles. The van der Waals surface area contributed by atoms with Crippen molar-refractivity contribution in [1.29, 1.82) is 0 Å². The van der Waals surface area contributed by atoms with Gasteiger partial charge in [-0.15, -0.1) is 0 Å². The van der Waals surface area contributed by atoms with Crippen molar-refractivity contribution in [2.24, 2.45) is 0 Å². The molecular weight excluding hydrogens is 414 g/mol. The predicted octanol–water partition coefficient (Wildman–Crippen LogP) is 3.44. The van der Waals surface area contributed by atoms with Gasteiger partial charge >= 0.3 is 0 Å². The molecule has 8 nitrogen and oxygen atoms in total. The summed E-state index contributed by atoms with van der Waals surface area (Å²) in [6.45, 7) is 4.02. The van der Waals surface area contributed by atoms with Gasteiger partial charge in [-0.05, 0) is 61.4 Å². The Bertz CT molecular complexity index is 1310. The lowest BCUT2D eigenvalue weighted by Crippen LogP contribution is -2.15. The molecule has 0 spiro atoms. The number of carbonyl (C=O) groups excluding carboxylic acids is 1. The van der Waals surface area contributed by atoms with Gasteiger partial charge in [-0.1, -0.05) is 17.8 Å². The number of anilines is 1. The van der Waals surface area contributed by atoms with Crippen LogP contribution in [0.4, 0.5) is 5.69 Å². The van der Waals surface area contributed by atoms with Crippen LogP contribution in [0.15, 0.2) is 58.5 Å². The minimum atomic E-state index is -0.289. The van der Waals surface area contributed by atoms with Crippen molar-refractivity contribution in [3.05, 3.63) is 70.0 Å². The minimum Gasteiger partial charge on any atom is -0.497 e. The van der Waals surface area contributed by atoms with E-state index in [4.69, 9.17) is 4.74 Å². The zero-order valence-electron chi connectivity index (χ0n) is 17.3. The first-order valence-corrected chi connectivity index (χ1v) is 10.6. The first-order valence-electron chi connectivity index (χ1n) is 9.57. The molecule has 0 aliphatic heterocycles. The van der Waals surface area contributed by atoms with Gasteiger partial charge in [0.05, 0.1) is 12.9 Å². The van der Waals surface area contributed by atoms with Crippen LogP contribution in [0.25, 0.3) is 17.0 Å². The molecule has 0 unspecified atom stereocenters. The summed E-state index contributed by atoms with van der Waals surface area (Å²) in [5, 5.41) is 6.03. The molecule has 31 heavy (non-hydrogen) atoms.